The van der Waals surface area contributed by atoms with Crippen molar-refractivity contribution in [3.8, 4) is 11.4 Å². The zero-order valence-electron chi connectivity index (χ0n) is 9.59. The number of hydrogen-bond acceptors (Lipinski definition) is 4. The second-order valence-corrected chi connectivity index (χ2v) is 3.77. The number of hydrogen-bond donors (Lipinski definition) is 1. The number of aryl methyl sites for hydroxylation is 2. The Bertz CT molecular complexity index is 469. The Labute approximate surface area is 94.1 Å². The van der Waals surface area contributed by atoms with E-state index < -0.39 is 0 Å². The van der Waals surface area contributed by atoms with E-state index in [4.69, 9.17) is 5.73 Å². The molecule has 0 aliphatic heterocycles. The molecule has 6 nitrogen and oxygen atoms in total. The van der Waals surface area contributed by atoms with Crippen LogP contribution in [0.1, 0.15) is 12.2 Å². The van der Waals surface area contributed by atoms with Crippen LogP contribution >= 0.6 is 0 Å². The molecule has 2 rings (SSSR count). The third kappa shape index (κ3) is 1.96. The summed E-state index contributed by atoms with van der Waals surface area (Å²) in [5.74, 6) is 1.77. The van der Waals surface area contributed by atoms with Gasteiger partial charge in [-0.3, -0.25) is 4.68 Å². The van der Waals surface area contributed by atoms with E-state index in [1.807, 2.05) is 20.2 Å². The predicted octanol–water partition coefficient (Wildman–Crippen LogP) is 0.336. The molecule has 0 atom stereocenters. The van der Waals surface area contributed by atoms with Crippen molar-refractivity contribution in [3.63, 3.8) is 0 Å². The van der Waals surface area contributed by atoms with E-state index in [-0.39, 0.29) is 0 Å². The Hall–Kier alpha value is -1.69. The van der Waals surface area contributed by atoms with Gasteiger partial charge in [0.15, 0.2) is 5.82 Å². The highest BCUT2D eigenvalue weighted by atomic mass is 15.3. The monoisotopic (exact) mass is 220 g/mol. The lowest BCUT2D eigenvalue weighted by Gasteiger charge is -2.05. The second kappa shape index (κ2) is 4.44. The van der Waals surface area contributed by atoms with Crippen LogP contribution in [-0.2, 0) is 13.6 Å². The quantitative estimate of drug-likeness (QED) is 0.806. The van der Waals surface area contributed by atoms with Crippen LogP contribution < -0.4 is 5.73 Å². The smallest absolute Gasteiger partial charge is 0.167 e. The standard InChI is InChI=1S/C10H16N6/c1-8-13-14-10(16(8)5-3-4-11)9-6-12-15(2)7-9/h6-7H,3-5,11H2,1-2H3. The molecule has 0 bridgehead atoms. The summed E-state index contributed by atoms with van der Waals surface area (Å²) in [4.78, 5) is 0. The number of rotatable bonds is 4. The molecule has 2 heterocycles. The first-order valence-corrected chi connectivity index (χ1v) is 5.31. The minimum Gasteiger partial charge on any atom is -0.330 e. The highest BCUT2D eigenvalue weighted by Crippen LogP contribution is 2.17. The summed E-state index contributed by atoms with van der Waals surface area (Å²) in [6.45, 7) is 3.47. The van der Waals surface area contributed by atoms with E-state index in [1.54, 1.807) is 10.9 Å². The number of aromatic nitrogens is 5. The van der Waals surface area contributed by atoms with Gasteiger partial charge in [-0.1, -0.05) is 0 Å². The molecule has 0 radical (unpaired) electrons. The zero-order valence-corrected chi connectivity index (χ0v) is 9.59. The predicted molar refractivity (Wildman–Crippen MR) is 60.6 cm³/mol. The molecule has 0 aliphatic carbocycles. The number of nitrogens with zero attached hydrogens (tertiary/aromatic N) is 5. The van der Waals surface area contributed by atoms with Crippen molar-refractivity contribution in [2.24, 2.45) is 12.8 Å². The third-order valence-corrected chi connectivity index (χ3v) is 2.48. The maximum Gasteiger partial charge on any atom is 0.167 e. The highest BCUT2D eigenvalue weighted by Gasteiger charge is 2.11. The van der Waals surface area contributed by atoms with Crippen LogP contribution in [0.15, 0.2) is 12.4 Å². The lowest BCUT2D eigenvalue weighted by atomic mass is 10.3. The summed E-state index contributed by atoms with van der Waals surface area (Å²) in [7, 11) is 1.89. The van der Waals surface area contributed by atoms with Gasteiger partial charge >= 0.3 is 0 Å². The lowest BCUT2D eigenvalue weighted by molar-refractivity contribution is 0.637. The molecule has 16 heavy (non-hydrogen) atoms. The van der Waals surface area contributed by atoms with Crippen LogP contribution in [0.2, 0.25) is 0 Å². The fourth-order valence-corrected chi connectivity index (χ4v) is 1.65. The summed E-state index contributed by atoms with van der Waals surface area (Å²) in [5, 5.41) is 12.4. The van der Waals surface area contributed by atoms with Gasteiger partial charge in [0.2, 0.25) is 0 Å². The Morgan fingerprint density at radius 3 is 2.81 bits per heavy atom. The topological polar surface area (TPSA) is 74.5 Å². The van der Waals surface area contributed by atoms with E-state index in [1.165, 1.54) is 0 Å². The van der Waals surface area contributed by atoms with Crippen molar-refractivity contribution in [1.82, 2.24) is 24.5 Å². The molecule has 0 aliphatic rings. The van der Waals surface area contributed by atoms with E-state index in [0.29, 0.717) is 6.54 Å². The Morgan fingerprint density at radius 1 is 1.38 bits per heavy atom. The van der Waals surface area contributed by atoms with Gasteiger partial charge < -0.3 is 10.3 Å². The molecular weight excluding hydrogens is 204 g/mol. The molecule has 0 unspecified atom stereocenters. The van der Waals surface area contributed by atoms with E-state index in [0.717, 1.165) is 30.2 Å². The van der Waals surface area contributed by atoms with E-state index in [9.17, 15) is 0 Å². The van der Waals surface area contributed by atoms with Gasteiger partial charge in [0.1, 0.15) is 5.82 Å². The SMILES string of the molecule is Cc1nnc(-c2cnn(C)c2)n1CCCN. The average Bonchev–Trinajstić information content (AvgIpc) is 2.82. The maximum absolute atomic E-state index is 5.52. The van der Waals surface area contributed by atoms with Crippen molar-refractivity contribution in [2.45, 2.75) is 19.9 Å². The molecule has 2 aromatic heterocycles. The molecule has 2 aromatic rings. The molecule has 2 N–H and O–H groups in total. The van der Waals surface area contributed by atoms with Crippen molar-refractivity contribution in [1.29, 1.82) is 0 Å². The third-order valence-electron chi connectivity index (χ3n) is 2.48. The summed E-state index contributed by atoms with van der Waals surface area (Å²) in [6, 6.07) is 0. The summed E-state index contributed by atoms with van der Waals surface area (Å²) in [5.41, 5.74) is 6.50. The minimum atomic E-state index is 0.671. The fourth-order valence-electron chi connectivity index (χ4n) is 1.65. The molecular formula is C10H16N6. The van der Waals surface area contributed by atoms with Gasteiger partial charge in [-0.15, -0.1) is 10.2 Å². The normalized spacial score (nSPS) is 10.9. The van der Waals surface area contributed by atoms with Gasteiger partial charge in [-0.05, 0) is 19.9 Å². The first-order valence-electron chi connectivity index (χ1n) is 5.31. The minimum absolute atomic E-state index is 0.671. The molecule has 6 heteroatoms. The zero-order chi connectivity index (χ0) is 11.5. The molecule has 0 fully saturated rings. The Kier molecular flexibility index (Phi) is 3.00. The molecule has 0 aromatic carbocycles. The van der Waals surface area contributed by atoms with Crippen LogP contribution in [0, 0.1) is 6.92 Å². The number of nitrogens with two attached hydrogens (primary N) is 1. The molecule has 0 spiro atoms. The van der Waals surface area contributed by atoms with Crippen LogP contribution in [0.5, 0.6) is 0 Å². The molecule has 0 amide bonds. The first-order chi connectivity index (χ1) is 7.72. The fraction of sp³-hybridized carbons (Fsp3) is 0.500. The van der Waals surface area contributed by atoms with Crippen molar-refractivity contribution in [2.75, 3.05) is 6.54 Å². The van der Waals surface area contributed by atoms with Crippen molar-refractivity contribution < 1.29 is 0 Å². The molecule has 0 saturated carbocycles. The Morgan fingerprint density at radius 2 is 2.19 bits per heavy atom. The van der Waals surface area contributed by atoms with Crippen LogP contribution in [0.25, 0.3) is 11.4 Å². The summed E-state index contributed by atoms with van der Waals surface area (Å²) >= 11 is 0. The summed E-state index contributed by atoms with van der Waals surface area (Å²) < 4.78 is 3.83. The lowest BCUT2D eigenvalue weighted by Crippen LogP contribution is -2.08. The van der Waals surface area contributed by atoms with Gasteiger partial charge in [-0.25, -0.2) is 0 Å². The maximum atomic E-state index is 5.52. The van der Waals surface area contributed by atoms with Crippen molar-refractivity contribution in [3.05, 3.63) is 18.2 Å². The first kappa shape index (κ1) is 10.8. The molecule has 86 valence electrons. The van der Waals surface area contributed by atoms with Crippen LogP contribution in [0.4, 0.5) is 0 Å². The van der Waals surface area contributed by atoms with Gasteiger partial charge in [0.25, 0.3) is 0 Å². The van der Waals surface area contributed by atoms with E-state index in [2.05, 4.69) is 19.9 Å². The van der Waals surface area contributed by atoms with Crippen LogP contribution in [-0.4, -0.2) is 31.1 Å². The second-order valence-electron chi connectivity index (χ2n) is 3.77. The highest BCUT2D eigenvalue weighted by molar-refractivity contribution is 5.52. The average molecular weight is 220 g/mol. The van der Waals surface area contributed by atoms with Gasteiger partial charge in [-0.2, -0.15) is 5.10 Å². The van der Waals surface area contributed by atoms with Gasteiger partial charge in [0, 0.05) is 19.8 Å². The largest absolute Gasteiger partial charge is 0.330 e. The Balaban J connectivity index is 2.33. The van der Waals surface area contributed by atoms with Crippen LogP contribution in [0.3, 0.4) is 0 Å². The molecule has 0 saturated heterocycles. The summed E-state index contributed by atoms with van der Waals surface area (Å²) in [6.07, 6.45) is 4.65. The van der Waals surface area contributed by atoms with E-state index >= 15 is 0 Å². The van der Waals surface area contributed by atoms with Crippen molar-refractivity contribution >= 4 is 0 Å². The van der Waals surface area contributed by atoms with Gasteiger partial charge in [0.05, 0.1) is 11.8 Å².